The smallest absolute Gasteiger partial charge is 0.414 e. The minimum atomic E-state index is -0.397. The number of benzene rings is 2. The lowest BCUT2D eigenvalue weighted by Gasteiger charge is -2.44. The molecule has 2 aliphatic heterocycles. The summed E-state index contributed by atoms with van der Waals surface area (Å²) in [7, 11) is 4.57. The van der Waals surface area contributed by atoms with Crippen LogP contribution in [0.4, 0.5) is 14.9 Å². The second-order valence-corrected chi connectivity index (χ2v) is 8.50. The minimum Gasteiger partial charge on any atom is -1.00 e. The van der Waals surface area contributed by atoms with Crippen LogP contribution in [0.5, 0.6) is 0 Å². The molecule has 2 aromatic carbocycles. The molecule has 0 aromatic heterocycles. The van der Waals surface area contributed by atoms with Crippen LogP contribution in [0.1, 0.15) is 31.2 Å². The summed E-state index contributed by atoms with van der Waals surface area (Å²) in [4.78, 5) is 14.6. The first-order chi connectivity index (χ1) is 13.4. The molecule has 29 heavy (non-hydrogen) atoms. The number of rotatable bonds is 4. The van der Waals surface area contributed by atoms with Gasteiger partial charge in [-0.1, -0.05) is 36.4 Å². The van der Waals surface area contributed by atoms with Crippen LogP contribution in [-0.4, -0.2) is 42.9 Å². The van der Waals surface area contributed by atoms with Crippen LogP contribution in [0.2, 0.25) is 0 Å². The minimum absolute atomic E-state index is 0. The Bertz CT molecular complexity index is 830. The summed E-state index contributed by atoms with van der Waals surface area (Å²) in [5.74, 6) is -0.314. The molecule has 0 spiro atoms. The van der Waals surface area contributed by atoms with Gasteiger partial charge in [0, 0.05) is 36.9 Å². The van der Waals surface area contributed by atoms with Crippen molar-refractivity contribution in [2.24, 2.45) is 0 Å². The molecule has 2 aliphatic rings. The zero-order chi connectivity index (χ0) is 19.7. The maximum atomic E-state index is 14.2. The number of amides is 1. The first-order valence-corrected chi connectivity index (χ1v) is 10.0. The topological polar surface area (TPSA) is 29.5 Å². The van der Waals surface area contributed by atoms with E-state index in [9.17, 15) is 9.18 Å². The van der Waals surface area contributed by atoms with Crippen LogP contribution in [0, 0.1) is 5.82 Å². The van der Waals surface area contributed by atoms with E-state index in [0.29, 0.717) is 23.3 Å². The van der Waals surface area contributed by atoms with Crippen molar-refractivity contribution in [1.29, 1.82) is 0 Å². The fourth-order valence-corrected chi connectivity index (χ4v) is 4.80. The highest BCUT2D eigenvalue weighted by Gasteiger charge is 2.50. The molecule has 2 fully saturated rings. The van der Waals surface area contributed by atoms with Gasteiger partial charge in [0.1, 0.15) is 11.9 Å². The average molecular weight is 463 g/mol. The molecule has 2 aromatic rings. The van der Waals surface area contributed by atoms with E-state index >= 15 is 0 Å². The van der Waals surface area contributed by atoms with Gasteiger partial charge in [-0.15, -0.1) is 0 Å². The van der Waals surface area contributed by atoms with Gasteiger partial charge in [-0.3, -0.25) is 4.90 Å². The number of piperidine rings is 1. The molecule has 0 saturated carbocycles. The number of carbonyl (C=O) groups excluding carboxylic acids is 1. The molecule has 0 aliphatic carbocycles. The second kappa shape index (κ2) is 8.84. The molecule has 4 nitrogen and oxygen atoms in total. The van der Waals surface area contributed by atoms with Crippen molar-refractivity contribution in [2.45, 2.75) is 50.4 Å². The number of fused-ring (bicyclic) bond motifs is 2. The van der Waals surface area contributed by atoms with Crippen LogP contribution in [-0.2, 0) is 11.3 Å². The van der Waals surface area contributed by atoms with Crippen LogP contribution < -0.4 is 21.9 Å². The van der Waals surface area contributed by atoms with Gasteiger partial charge < -0.3 is 26.2 Å². The molecule has 3 atom stereocenters. The van der Waals surface area contributed by atoms with Crippen LogP contribution in [0.15, 0.2) is 54.6 Å². The average Bonchev–Trinajstić information content (AvgIpc) is 2.85. The van der Waals surface area contributed by atoms with Gasteiger partial charge in [0.15, 0.2) is 0 Å². The molecular weight excluding hydrogens is 435 g/mol. The zero-order valence-corrected chi connectivity index (χ0v) is 18.5. The van der Waals surface area contributed by atoms with Gasteiger partial charge in [0.25, 0.3) is 0 Å². The zero-order valence-electron chi connectivity index (χ0n) is 16.9. The van der Waals surface area contributed by atoms with E-state index in [2.05, 4.69) is 14.1 Å². The predicted molar refractivity (Wildman–Crippen MR) is 107 cm³/mol. The number of anilines is 1. The Morgan fingerprint density at radius 3 is 2.24 bits per heavy atom. The van der Waals surface area contributed by atoms with E-state index < -0.39 is 6.09 Å². The van der Waals surface area contributed by atoms with Crippen molar-refractivity contribution < 1.29 is 35.4 Å². The lowest BCUT2D eigenvalue weighted by molar-refractivity contribution is -0.931. The summed E-state index contributed by atoms with van der Waals surface area (Å²) < 4.78 is 21.2. The number of hydrogen-bond donors (Lipinski definition) is 0. The Kier molecular flexibility index (Phi) is 6.64. The highest BCUT2D eigenvalue weighted by Crippen LogP contribution is 2.40. The summed E-state index contributed by atoms with van der Waals surface area (Å²) in [6.45, 7) is 0.149. The van der Waals surface area contributed by atoms with Crippen molar-refractivity contribution in [3.63, 3.8) is 0 Å². The maximum absolute atomic E-state index is 14.2. The summed E-state index contributed by atoms with van der Waals surface area (Å²) in [6, 6.07) is 17.0. The molecule has 2 bridgehead atoms. The van der Waals surface area contributed by atoms with E-state index in [4.69, 9.17) is 4.74 Å². The largest absolute Gasteiger partial charge is 1.00 e. The molecule has 0 N–H and O–H groups in total. The number of para-hydroxylation sites is 1. The summed E-state index contributed by atoms with van der Waals surface area (Å²) in [5.41, 5.74) is 1.19. The standard InChI is InChI=1S/C23H28FN2O2.BrH/c1-26(2)19-12-13-20(26)15-21(14-19)28-23(27)25(18-9-4-3-5-10-18)16-17-8-6-7-11-22(17)24;/h3-11,19-21H,12-16H2,1-2H3;1H/q+1;/p-1/t19-,20+,21+;. The molecular formula is C23H28BrFN2O2. The number of carbonyl (C=O) groups is 1. The van der Waals surface area contributed by atoms with E-state index in [1.54, 1.807) is 18.2 Å². The fraction of sp³-hybridized carbons (Fsp3) is 0.435. The van der Waals surface area contributed by atoms with Crippen LogP contribution >= 0.6 is 0 Å². The lowest BCUT2D eigenvalue weighted by atomic mass is 9.98. The normalized spacial score (nSPS) is 24.4. The van der Waals surface area contributed by atoms with Crippen molar-refractivity contribution in [3.8, 4) is 0 Å². The van der Waals surface area contributed by atoms with Gasteiger partial charge >= 0.3 is 6.09 Å². The third-order valence-corrected chi connectivity index (χ3v) is 6.63. The Labute approximate surface area is 182 Å². The molecule has 156 valence electrons. The third-order valence-electron chi connectivity index (χ3n) is 6.63. The highest BCUT2D eigenvalue weighted by atomic mass is 79.9. The quantitative estimate of drug-likeness (QED) is 0.647. The number of nitrogens with zero attached hydrogens (tertiary/aromatic N) is 2. The summed E-state index contributed by atoms with van der Waals surface area (Å²) in [6.07, 6.45) is 3.73. The van der Waals surface area contributed by atoms with E-state index in [1.807, 2.05) is 30.3 Å². The van der Waals surface area contributed by atoms with Gasteiger partial charge in [-0.05, 0) is 18.2 Å². The Morgan fingerprint density at radius 1 is 1.03 bits per heavy atom. The van der Waals surface area contributed by atoms with Crippen LogP contribution in [0.25, 0.3) is 0 Å². The van der Waals surface area contributed by atoms with Crippen molar-refractivity contribution >= 4 is 11.8 Å². The molecule has 2 heterocycles. The second-order valence-electron chi connectivity index (χ2n) is 8.50. The van der Waals surface area contributed by atoms with E-state index in [1.165, 1.54) is 23.8 Å². The van der Waals surface area contributed by atoms with Crippen molar-refractivity contribution in [2.75, 3.05) is 19.0 Å². The molecule has 2 saturated heterocycles. The molecule has 6 heteroatoms. The van der Waals surface area contributed by atoms with Crippen molar-refractivity contribution in [1.82, 2.24) is 0 Å². The molecule has 0 unspecified atom stereocenters. The van der Waals surface area contributed by atoms with Gasteiger partial charge in [-0.2, -0.15) is 0 Å². The Balaban J connectivity index is 0.00000240. The monoisotopic (exact) mass is 462 g/mol. The SMILES string of the molecule is C[N+]1(C)[C@@H]2CC[C@H]1C[C@@H](OC(=O)N(Cc1ccccc1F)c1ccccc1)C2.[Br-]. The third kappa shape index (κ3) is 4.48. The Morgan fingerprint density at radius 2 is 1.62 bits per heavy atom. The van der Waals surface area contributed by atoms with Gasteiger partial charge in [-0.25, -0.2) is 9.18 Å². The number of hydrogen-bond acceptors (Lipinski definition) is 2. The van der Waals surface area contributed by atoms with E-state index in [0.717, 1.165) is 17.3 Å². The summed E-state index contributed by atoms with van der Waals surface area (Å²) >= 11 is 0. The van der Waals surface area contributed by atoms with Gasteiger partial charge in [0.2, 0.25) is 0 Å². The number of ether oxygens (including phenoxy) is 1. The fourth-order valence-electron chi connectivity index (χ4n) is 4.80. The van der Waals surface area contributed by atoms with Gasteiger partial charge in [0.05, 0.1) is 32.7 Å². The molecule has 0 radical (unpaired) electrons. The first kappa shape index (κ1) is 21.8. The predicted octanol–water partition coefficient (Wildman–Crippen LogP) is 1.74. The van der Waals surface area contributed by atoms with Crippen molar-refractivity contribution in [3.05, 3.63) is 66.0 Å². The first-order valence-electron chi connectivity index (χ1n) is 10.0. The molecule has 4 rings (SSSR count). The lowest BCUT2D eigenvalue weighted by Crippen LogP contribution is -3.00. The summed E-state index contributed by atoms with van der Waals surface area (Å²) in [5, 5.41) is 0. The number of quaternary nitrogens is 1. The number of halogens is 2. The Hall–Kier alpha value is -1.92. The highest BCUT2D eigenvalue weighted by molar-refractivity contribution is 5.87. The molecule has 1 amide bonds. The van der Waals surface area contributed by atoms with E-state index in [-0.39, 0.29) is 35.4 Å². The maximum Gasteiger partial charge on any atom is 0.414 e. The van der Waals surface area contributed by atoms with Crippen LogP contribution in [0.3, 0.4) is 0 Å².